The molecule has 1 N–H and O–H groups in total. The molecule has 7 heteroatoms. The first kappa shape index (κ1) is 23.7. The SMILES string of the molecule is COC1CCC(C(=O)N2Cc3cccnc3Nc3ccc(N4CC5(CC(OC(C)C)C5)C4)cc32)CC1. The van der Waals surface area contributed by atoms with Gasteiger partial charge in [-0.15, -0.1) is 0 Å². The van der Waals surface area contributed by atoms with E-state index in [0.29, 0.717) is 24.2 Å². The van der Waals surface area contributed by atoms with Crippen LogP contribution in [-0.4, -0.2) is 49.4 Å². The molecule has 1 spiro atoms. The van der Waals surface area contributed by atoms with Gasteiger partial charge in [-0.25, -0.2) is 4.98 Å². The quantitative estimate of drug-likeness (QED) is 0.616. The highest BCUT2D eigenvalue weighted by molar-refractivity contribution is 6.00. The number of aromatic nitrogens is 1. The Morgan fingerprint density at radius 3 is 2.61 bits per heavy atom. The maximum Gasteiger partial charge on any atom is 0.230 e. The van der Waals surface area contributed by atoms with E-state index in [2.05, 4.69) is 53.3 Å². The van der Waals surface area contributed by atoms with E-state index in [1.807, 2.05) is 11.0 Å². The highest BCUT2D eigenvalue weighted by Gasteiger charge is 2.53. The second-order valence-electron chi connectivity index (χ2n) is 11.5. The Hall–Kier alpha value is -2.64. The Labute approximate surface area is 214 Å². The molecule has 2 aliphatic heterocycles. The molecule has 192 valence electrons. The predicted molar refractivity (Wildman–Crippen MR) is 142 cm³/mol. The molecule has 3 heterocycles. The van der Waals surface area contributed by atoms with E-state index in [0.717, 1.165) is 74.4 Å². The van der Waals surface area contributed by atoms with Crippen molar-refractivity contribution in [2.75, 3.05) is 35.3 Å². The molecule has 4 aliphatic rings. The number of nitrogens with one attached hydrogen (secondary N) is 1. The van der Waals surface area contributed by atoms with Crippen LogP contribution in [0.5, 0.6) is 0 Å². The van der Waals surface area contributed by atoms with Gasteiger partial charge in [0.15, 0.2) is 0 Å². The fourth-order valence-electron chi connectivity index (χ4n) is 6.66. The Kier molecular flexibility index (Phi) is 6.16. The molecule has 3 fully saturated rings. The highest BCUT2D eigenvalue weighted by Crippen LogP contribution is 2.52. The third-order valence-corrected chi connectivity index (χ3v) is 8.57. The first-order valence-electron chi connectivity index (χ1n) is 13.5. The lowest BCUT2D eigenvalue weighted by atomic mass is 9.61. The van der Waals surface area contributed by atoms with Gasteiger partial charge in [0.2, 0.25) is 5.91 Å². The van der Waals surface area contributed by atoms with Crippen LogP contribution in [0, 0.1) is 11.3 Å². The van der Waals surface area contributed by atoms with Crippen molar-refractivity contribution in [3.63, 3.8) is 0 Å². The van der Waals surface area contributed by atoms with Crippen molar-refractivity contribution in [1.29, 1.82) is 0 Å². The van der Waals surface area contributed by atoms with Gasteiger partial charge in [0.25, 0.3) is 0 Å². The van der Waals surface area contributed by atoms with Crippen LogP contribution in [0.2, 0.25) is 0 Å². The van der Waals surface area contributed by atoms with Crippen molar-refractivity contribution in [3.8, 4) is 0 Å². The predicted octanol–water partition coefficient (Wildman–Crippen LogP) is 5.27. The van der Waals surface area contributed by atoms with Crippen LogP contribution in [-0.2, 0) is 20.8 Å². The number of hydrogen-bond donors (Lipinski definition) is 1. The van der Waals surface area contributed by atoms with E-state index in [9.17, 15) is 4.79 Å². The molecule has 6 rings (SSSR count). The van der Waals surface area contributed by atoms with E-state index >= 15 is 0 Å². The summed E-state index contributed by atoms with van der Waals surface area (Å²) < 4.78 is 11.6. The third kappa shape index (κ3) is 4.37. The van der Waals surface area contributed by atoms with E-state index in [-0.39, 0.29) is 17.9 Å². The minimum atomic E-state index is 0.0336. The molecule has 7 nitrogen and oxygen atoms in total. The van der Waals surface area contributed by atoms with Crippen LogP contribution >= 0.6 is 0 Å². The third-order valence-electron chi connectivity index (χ3n) is 8.57. The Balaban J connectivity index is 1.23. The molecule has 0 unspecified atom stereocenters. The number of nitrogens with zero attached hydrogens (tertiary/aromatic N) is 3. The lowest BCUT2D eigenvalue weighted by molar-refractivity contribution is -0.124. The number of carbonyl (C=O) groups excluding carboxylic acids is 1. The fourth-order valence-corrected chi connectivity index (χ4v) is 6.66. The Morgan fingerprint density at radius 1 is 1.11 bits per heavy atom. The molecule has 2 aromatic rings. The number of hydrogen-bond acceptors (Lipinski definition) is 6. The lowest BCUT2D eigenvalue weighted by Crippen LogP contribution is -2.64. The first-order chi connectivity index (χ1) is 17.4. The van der Waals surface area contributed by atoms with Crippen LogP contribution in [0.15, 0.2) is 36.5 Å². The van der Waals surface area contributed by atoms with Crippen LogP contribution < -0.4 is 15.1 Å². The molecular formula is C29H38N4O3. The summed E-state index contributed by atoms with van der Waals surface area (Å²) in [7, 11) is 1.77. The average Bonchev–Trinajstić information content (AvgIpc) is 3.00. The first-order valence-corrected chi connectivity index (χ1v) is 13.5. The maximum atomic E-state index is 13.9. The molecular weight excluding hydrogens is 452 g/mol. The van der Waals surface area contributed by atoms with Crippen LogP contribution in [0.4, 0.5) is 22.9 Å². The fraction of sp³-hybridized carbons (Fsp3) is 0.586. The number of methoxy groups -OCH3 is 1. The van der Waals surface area contributed by atoms with Crippen LogP contribution in [0.25, 0.3) is 0 Å². The minimum Gasteiger partial charge on any atom is -0.381 e. The van der Waals surface area contributed by atoms with Gasteiger partial charge in [0.1, 0.15) is 5.82 Å². The molecule has 1 aromatic heterocycles. The zero-order valence-corrected chi connectivity index (χ0v) is 21.7. The van der Waals surface area contributed by atoms with Crippen molar-refractivity contribution in [3.05, 3.63) is 42.1 Å². The molecule has 1 aromatic carbocycles. The zero-order valence-electron chi connectivity index (χ0n) is 21.7. The van der Waals surface area contributed by atoms with E-state index in [1.165, 1.54) is 5.69 Å². The Bertz CT molecular complexity index is 1110. The summed E-state index contributed by atoms with van der Waals surface area (Å²) >= 11 is 0. The minimum absolute atomic E-state index is 0.0336. The Morgan fingerprint density at radius 2 is 1.89 bits per heavy atom. The van der Waals surface area contributed by atoms with Gasteiger partial charge < -0.3 is 24.6 Å². The number of rotatable bonds is 5. The largest absolute Gasteiger partial charge is 0.381 e. The van der Waals surface area contributed by atoms with E-state index in [4.69, 9.17) is 9.47 Å². The van der Waals surface area contributed by atoms with Gasteiger partial charge in [0, 0.05) is 49.0 Å². The van der Waals surface area contributed by atoms with Gasteiger partial charge in [0.05, 0.1) is 36.2 Å². The van der Waals surface area contributed by atoms with Crippen molar-refractivity contribution < 1.29 is 14.3 Å². The summed E-state index contributed by atoms with van der Waals surface area (Å²) in [6.07, 6.45) is 8.76. The van der Waals surface area contributed by atoms with Gasteiger partial charge in [-0.05, 0) is 76.6 Å². The molecule has 0 atom stereocenters. The van der Waals surface area contributed by atoms with Gasteiger partial charge in [-0.1, -0.05) is 6.07 Å². The van der Waals surface area contributed by atoms with Crippen molar-refractivity contribution in [2.45, 2.75) is 77.2 Å². The number of pyridine rings is 1. The summed E-state index contributed by atoms with van der Waals surface area (Å²) in [4.78, 5) is 23.0. The van der Waals surface area contributed by atoms with Crippen LogP contribution in [0.3, 0.4) is 0 Å². The van der Waals surface area contributed by atoms with E-state index in [1.54, 1.807) is 13.3 Å². The topological polar surface area (TPSA) is 66.9 Å². The number of carbonyl (C=O) groups is 1. The van der Waals surface area contributed by atoms with Gasteiger partial charge in [-0.2, -0.15) is 0 Å². The molecule has 0 bridgehead atoms. The summed E-state index contributed by atoms with van der Waals surface area (Å²) in [6, 6.07) is 10.5. The van der Waals surface area contributed by atoms with Crippen molar-refractivity contribution in [2.24, 2.45) is 11.3 Å². The lowest BCUT2D eigenvalue weighted by Gasteiger charge is -2.59. The number of anilines is 4. The smallest absolute Gasteiger partial charge is 0.230 e. The summed E-state index contributed by atoms with van der Waals surface area (Å²) in [5.41, 5.74) is 4.54. The van der Waals surface area contributed by atoms with E-state index < -0.39 is 0 Å². The van der Waals surface area contributed by atoms with Crippen molar-refractivity contribution >= 4 is 28.8 Å². The van der Waals surface area contributed by atoms with Gasteiger partial charge in [-0.3, -0.25) is 4.79 Å². The standard InChI is InChI=1S/C29H38N4O3/c1-19(2)36-24-14-29(15-24)17-32(18-29)22-8-11-25-26(13-22)33(16-21-5-4-12-30-27(21)31-25)28(34)20-6-9-23(35-3)10-7-20/h4-5,8,11-13,19-20,23-24H,6-7,9-10,14-18H2,1-3H3,(H,30,31). The summed E-state index contributed by atoms with van der Waals surface area (Å²) in [6.45, 7) is 6.90. The molecule has 2 saturated carbocycles. The monoisotopic (exact) mass is 490 g/mol. The number of benzene rings is 1. The molecule has 1 amide bonds. The molecule has 2 aliphatic carbocycles. The zero-order chi connectivity index (χ0) is 24.9. The van der Waals surface area contributed by atoms with Crippen LogP contribution in [0.1, 0.15) is 57.9 Å². The van der Waals surface area contributed by atoms with Crippen molar-refractivity contribution in [1.82, 2.24) is 4.98 Å². The molecule has 1 saturated heterocycles. The maximum absolute atomic E-state index is 13.9. The molecule has 36 heavy (non-hydrogen) atoms. The number of amides is 1. The van der Waals surface area contributed by atoms with Gasteiger partial charge >= 0.3 is 0 Å². The second kappa shape index (κ2) is 9.34. The normalized spacial score (nSPS) is 24.9. The number of fused-ring (bicyclic) bond motifs is 2. The second-order valence-corrected chi connectivity index (χ2v) is 11.5. The molecule has 0 radical (unpaired) electrons. The summed E-state index contributed by atoms with van der Waals surface area (Å²) in [5.74, 6) is 1.08. The average molecular weight is 491 g/mol. The number of ether oxygens (including phenoxy) is 2. The summed E-state index contributed by atoms with van der Waals surface area (Å²) in [5, 5.41) is 3.51. The highest BCUT2D eigenvalue weighted by atomic mass is 16.5.